The van der Waals surface area contributed by atoms with Crippen molar-refractivity contribution in [1.82, 2.24) is 14.7 Å². The van der Waals surface area contributed by atoms with E-state index in [4.69, 9.17) is 4.74 Å². The van der Waals surface area contributed by atoms with E-state index < -0.39 is 9.84 Å². The lowest BCUT2D eigenvalue weighted by Gasteiger charge is -2.26. The molecule has 0 atom stereocenters. The predicted molar refractivity (Wildman–Crippen MR) is 115 cm³/mol. The van der Waals surface area contributed by atoms with Crippen molar-refractivity contribution < 1.29 is 17.9 Å². The molecule has 1 amide bonds. The van der Waals surface area contributed by atoms with Gasteiger partial charge < -0.3 is 9.64 Å². The highest BCUT2D eigenvalue weighted by atomic mass is 32.2. The molecule has 0 radical (unpaired) electrons. The largest absolute Gasteiger partial charge is 0.378 e. The molecule has 2 aliphatic rings. The monoisotopic (exact) mass is 421 g/mol. The minimum atomic E-state index is -3.57. The number of nitrogens with zero attached hydrogens (tertiary/aromatic N) is 3. The van der Waals surface area contributed by atoms with Crippen molar-refractivity contribution >= 4 is 29.1 Å². The molecule has 30 heavy (non-hydrogen) atoms. The number of aromatic nitrogens is 2. The lowest BCUT2D eigenvalue weighted by molar-refractivity contribution is 0.0298. The molecule has 7 nitrogen and oxygen atoms in total. The molecule has 3 heterocycles. The Labute approximate surface area is 175 Å². The molecule has 0 spiro atoms. The molecule has 0 bridgehead atoms. The van der Waals surface area contributed by atoms with Crippen LogP contribution in [0.1, 0.15) is 16.1 Å². The maximum absolute atomic E-state index is 13.3. The Kier molecular flexibility index (Phi) is 4.52. The summed E-state index contributed by atoms with van der Waals surface area (Å²) in [4.78, 5) is 15.3. The second-order valence-electron chi connectivity index (χ2n) is 7.53. The second-order valence-corrected chi connectivity index (χ2v) is 9.49. The Morgan fingerprint density at radius 1 is 1.03 bits per heavy atom. The van der Waals surface area contributed by atoms with E-state index in [0.29, 0.717) is 43.1 Å². The van der Waals surface area contributed by atoms with Crippen molar-refractivity contribution in [2.75, 3.05) is 26.3 Å². The topological polar surface area (TPSA) is 81.5 Å². The smallest absolute Gasteiger partial charge is 0.274 e. The van der Waals surface area contributed by atoms with Crippen molar-refractivity contribution in [3.8, 4) is 16.9 Å². The Bertz CT molecular complexity index is 1260. The van der Waals surface area contributed by atoms with Gasteiger partial charge in [0, 0.05) is 24.2 Å². The van der Waals surface area contributed by atoms with E-state index in [0.717, 1.165) is 11.2 Å². The van der Waals surface area contributed by atoms with Crippen LogP contribution in [0.2, 0.25) is 0 Å². The average Bonchev–Trinajstić information content (AvgIpc) is 3.12. The van der Waals surface area contributed by atoms with Crippen LogP contribution in [0.3, 0.4) is 0 Å². The summed E-state index contributed by atoms with van der Waals surface area (Å²) in [7, 11) is -1.60. The van der Waals surface area contributed by atoms with Gasteiger partial charge in [0.05, 0.1) is 35.2 Å². The Hall–Kier alpha value is -2.91. The first-order chi connectivity index (χ1) is 14.5. The van der Waals surface area contributed by atoms with Crippen LogP contribution in [-0.2, 0) is 20.3 Å². The zero-order valence-corrected chi connectivity index (χ0v) is 17.4. The number of fused-ring (bicyclic) bond motifs is 3. The minimum absolute atomic E-state index is 0.202. The SMILES string of the molecule is Bc1ccccc1-n1nc(C(=O)N2CCOCC2)c2c1-c1ccccc1S(=O)(=O)C2. The highest BCUT2D eigenvalue weighted by Crippen LogP contribution is 2.40. The molecule has 3 aromatic rings. The Morgan fingerprint density at radius 3 is 2.50 bits per heavy atom. The van der Waals surface area contributed by atoms with E-state index >= 15 is 0 Å². The number of sulfone groups is 1. The molecule has 1 fully saturated rings. The standard InChI is InChI=1S/C21H20BN3O4S/c22-16-6-2-3-7-17(16)25-20-14-5-1-4-8-18(14)30(27,28)13-15(20)19(23-25)21(26)24-9-11-29-12-10-24/h1-8H,9-13,22H2. The molecule has 0 aliphatic carbocycles. The van der Waals surface area contributed by atoms with Crippen LogP contribution in [0.5, 0.6) is 0 Å². The van der Waals surface area contributed by atoms with Crippen LogP contribution in [-0.4, -0.2) is 63.2 Å². The fraction of sp³-hybridized carbons (Fsp3) is 0.238. The molecule has 5 rings (SSSR count). The molecule has 0 unspecified atom stereocenters. The van der Waals surface area contributed by atoms with Gasteiger partial charge in [-0.2, -0.15) is 5.10 Å². The van der Waals surface area contributed by atoms with Crippen LogP contribution >= 0.6 is 0 Å². The van der Waals surface area contributed by atoms with Gasteiger partial charge in [-0.25, -0.2) is 13.1 Å². The first-order valence-electron chi connectivity index (χ1n) is 9.84. The molecule has 0 saturated carbocycles. The fourth-order valence-corrected chi connectivity index (χ4v) is 5.72. The predicted octanol–water partition coefficient (Wildman–Crippen LogP) is 0.557. The number of carbonyl (C=O) groups excluding carboxylic acids is 1. The highest BCUT2D eigenvalue weighted by molar-refractivity contribution is 7.90. The van der Waals surface area contributed by atoms with Gasteiger partial charge in [-0.05, 0) is 12.1 Å². The second kappa shape index (κ2) is 7.10. The third-order valence-corrected chi connectivity index (χ3v) is 7.33. The van der Waals surface area contributed by atoms with E-state index in [1.54, 1.807) is 27.8 Å². The summed E-state index contributed by atoms with van der Waals surface area (Å²) in [5.74, 6) is -0.493. The number of hydrogen-bond donors (Lipinski definition) is 0. The van der Waals surface area contributed by atoms with Gasteiger partial charge in [0.1, 0.15) is 7.85 Å². The first-order valence-corrected chi connectivity index (χ1v) is 11.5. The molecular formula is C21H20BN3O4S. The number of morpholine rings is 1. The number of benzene rings is 2. The summed E-state index contributed by atoms with van der Waals surface area (Å²) < 4.78 is 33.1. The zero-order valence-electron chi connectivity index (χ0n) is 16.5. The molecule has 2 aliphatic heterocycles. The van der Waals surface area contributed by atoms with Gasteiger partial charge in [-0.15, -0.1) is 0 Å². The fourth-order valence-electron chi connectivity index (χ4n) is 4.13. The quantitative estimate of drug-likeness (QED) is 0.565. The summed E-state index contributed by atoms with van der Waals surface area (Å²) in [6, 6.07) is 14.7. The maximum atomic E-state index is 13.3. The van der Waals surface area contributed by atoms with Crippen LogP contribution in [0.4, 0.5) is 0 Å². The summed E-state index contributed by atoms with van der Waals surface area (Å²) >= 11 is 0. The Morgan fingerprint density at radius 2 is 1.73 bits per heavy atom. The molecule has 152 valence electrons. The number of ether oxygens (including phenoxy) is 1. The van der Waals surface area contributed by atoms with Gasteiger partial charge in [0.2, 0.25) is 0 Å². The molecular weight excluding hydrogens is 401 g/mol. The summed E-state index contributed by atoms with van der Waals surface area (Å²) in [6.45, 7) is 1.86. The number of amides is 1. The van der Waals surface area contributed by atoms with E-state index in [9.17, 15) is 13.2 Å². The van der Waals surface area contributed by atoms with Crippen molar-refractivity contribution in [2.45, 2.75) is 10.6 Å². The average molecular weight is 421 g/mol. The molecule has 2 aromatic carbocycles. The van der Waals surface area contributed by atoms with E-state index in [-0.39, 0.29) is 22.2 Å². The molecule has 9 heteroatoms. The van der Waals surface area contributed by atoms with Crippen LogP contribution in [0.25, 0.3) is 16.9 Å². The van der Waals surface area contributed by atoms with Crippen LogP contribution < -0.4 is 5.46 Å². The summed E-state index contributed by atoms with van der Waals surface area (Å²) in [6.07, 6.45) is 0. The van der Waals surface area contributed by atoms with Crippen LogP contribution in [0.15, 0.2) is 53.4 Å². The summed E-state index contributed by atoms with van der Waals surface area (Å²) in [5.41, 5.74) is 3.73. The van der Waals surface area contributed by atoms with Gasteiger partial charge in [0.25, 0.3) is 5.91 Å². The van der Waals surface area contributed by atoms with Gasteiger partial charge in [0.15, 0.2) is 15.5 Å². The van der Waals surface area contributed by atoms with Crippen molar-refractivity contribution in [3.63, 3.8) is 0 Å². The van der Waals surface area contributed by atoms with E-state index in [2.05, 4.69) is 5.10 Å². The van der Waals surface area contributed by atoms with Gasteiger partial charge in [-0.3, -0.25) is 4.79 Å². The Balaban J connectivity index is 1.78. The third-order valence-electron chi connectivity index (χ3n) is 5.64. The maximum Gasteiger partial charge on any atom is 0.274 e. The molecule has 1 aromatic heterocycles. The normalized spacial score (nSPS) is 17.3. The number of hydrogen-bond acceptors (Lipinski definition) is 5. The summed E-state index contributed by atoms with van der Waals surface area (Å²) in [5, 5.41) is 4.68. The van der Waals surface area contributed by atoms with Crippen molar-refractivity contribution in [1.29, 1.82) is 0 Å². The van der Waals surface area contributed by atoms with E-state index in [1.165, 1.54) is 0 Å². The van der Waals surface area contributed by atoms with Gasteiger partial charge >= 0.3 is 0 Å². The lowest BCUT2D eigenvalue weighted by atomic mass is 9.94. The van der Waals surface area contributed by atoms with Gasteiger partial charge in [-0.1, -0.05) is 41.9 Å². The zero-order chi connectivity index (χ0) is 20.9. The van der Waals surface area contributed by atoms with Crippen LogP contribution in [0, 0.1) is 0 Å². The minimum Gasteiger partial charge on any atom is -0.378 e. The number of carbonyl (C=O) groups is 1. The first kappa shape index (κ1) is 19.1. The highest BCUT2D eigenvalue weighted by Gasteiger charge is 2.37. The van der Waals surface area contributed by atoms with Crippen molar-refractivity contribution in [2.24, 2.45) is 0 Å². The van der Waals surface area contributed by atoms with Crippen molar-refractivity contribution in [3.05, 3.63) is 59.8 Å². The molecule has 1 saturated heterocycles. The lowest BCUT2D eigenvalue weighted by Crippen LogP contribution is -2.41. The molecule has 0 N–H and O–H groups in total. The van der Waals surface area contributed by atoms with E-state index in [1.807, 2.05) is 38.2 Å². The number of para-hydroxylation sites is 1. The third kappa shape index (κ3) is 2.97. The number of rotatable bonds is 2.